The summed E-state index contributed by atoms with van der Waals surface area (Å²) in [4.78, 5) is 0. The first-order chi connectivity index (χ1) is 26.5. The molecule has 22 nitrogen and oxygen atoms in total. The third-order valence-corrected chi connectivity index (χ3v) is 9.85. The molecule has 1 unspecified atom stereocenters. The van der Waals surface area contributed by atoms with Crippen molar-refractivity contribution in [1.82, 2.24) is 0 Å². The number of hydrogen-bond donors (Lipinski definition) is 14. The molecule has 2 aromatic carbocycles. The zero-order valence-electron chi connectivity index (χ0n) is 29.3. The summed E-state index contributed by atoms with van der Waals surface area (Å²) in [6.45, 7) is -2.11. The molecule has 0 spiro atoms. The first kappa shape index (κ1) is 41.8. The number of aliphatic hydroxyl groups is 11. The van der Waals surface area contributed by atoms with Crippen LogP contribution in [0.15, 0.2) is 30.0 Å². The lowest BCUT2D eigenvalue weighted by molar-refractivity contribution is -0.341. The van der Waals surface area contributed by atoms with Crippen molar-refractivity contribution in [3.05, 3.63) is 41.2 Å². The molecule has 0 radical (unpaired) electrons. The van der Waals surface area contributed by atoms with Crippen molar-refractivity contribution in [2.75, 3.05) is 26.9 Å². The number of methoxy groups -OCH3 is 1. The number of ether oxygens (including phenoxy) is 8. The zero-order valence-corrected chi connectivity index (χ0v) is 29.3. The van der Waals surface area contributed by atoms with Crippen LogP contribution in [0.25, 0.3) is 6.08 Å². The van der Waals surface area contributed by atoms with Crippen molar-refractivity contribution in [2.45, 2.75) is 98.2 Å². The van der Waals surface area contributed by atoms with E-state index in [1.165, 1.54) is 25.3 Å². The molecule has 4 heterocycles. The second-order valence-corrected chi connectivity index (χ2v) is 13.6. The molecule has 2 aromatic rings. The van der Waals surface area contributed by atoms with Gasteiger partial charge in [0.25, 0.3) is 11.9 Å². The first-order valence-electron chi connectivity index (χ1n) is 17.2. The van der Waals surface area contributed by atoms with Crippen LogP contribution in [-0.2, 0) is 28.4 Å². The Balaban J connectivity index is 1.17. The Kier molecular flexibility index (Phi) is 12.7. The maximum atomic E-state index is 10.9. The van der Waals surface area contributed by atoms with E-state index in [-0.39, 0.29) is 34.1 Å². The Labute approximate surface area is 316 Å². The quantitative estimate of drug-likeness (QED) is 0.0749. The number of phenols is 4. The molecule has 0 aliphatic carbocycles. The molecule has 6 rings (SSSR count). The van der Waals surface area contributed by atoms with E-state index in [9.17, 15) is 71.5 Å². The summed E-state index contributed by atoms with van der Waals surface area (Å²) in [5.74, 6) is -2.18. The van der Waals surface area contributed by atoms with Gasteiger partial charge in [0, 0.05) is 12.1 Å². The fourth-order valence-electron chi connectivity index (χ4n) is 6.61. The van der Waals surface area contributed by atoms with Crippen molar-refractivity contribution in [3.63, 3.8) is 0 Å². The number of phenolic OH excluding ortho intramolecular Hbond substituents is 4. The van der Waals surface area contributed by atoms with Crippen LogP contribution in [0, 0.1) is 0 Å². The Bertz CT molecular complexity index is 1710. The molecule has 3 fully saturated rings. The van der Waals surface area contributed by atoms with E-state index in [1.54, 1.807) is 0 Å². The van der Waals surface area contributed by atoms with Gasteiger partial charge in [0.2, 0.25) is 12.0 Å². The van der Waals surface area contributed by atoms with E-state index in [4.69, 9.17) is 33.2 Å². The number of hydrogen-bond acceptors (Lipinski definition) is 21. The molecular weight excluding hydrogens is 760 g/mol. The molecule has 22 heteroatoms. The van der Waals surface area contributed by atoms with Crippen LogP contribution < -0.4 is 4.74 Å². The van der Waals surface area contributed by atoms with Crippen LogP contribution in [0.2, 0.25) is 0 Å². The van der Waals surface area contributed by atoms with Crippen LogP contribution in [0.4, 0.5) is 0 Å². The highest BCUT2D eigenvalue weighted by atomic mass is 16.7. The fourth-order valence-corrected chi connectivity index (χ4v) is 6.61. The Morgan fingerprint density at radius 1 is 0.607 bits per heavy atom. The molecule has 0 bridgehead atoms. The molecule has 0 saturated carbocycles. The van der Waals surface area contributed by atoms with Crippen LogP contribution in [0.5, 0.6) is 34.5 Å². The Hall–Kier alpha value is -3.82. The minimum atomic E-state index is -1.94. The molecule has 4 aliphatic rings. The maximum absolute atomic E-state index is 10.9. The second-order valence-electron chi connectivity index (χ2n) is 13.6. The Morgan fingerprint density at radius 3 is 1.68 bits per heavy atom. The van der Waals surface area contributed by atoms with Crippen LogP contribution in [0.3, 0.4) is 0 Å². The van der Waals surface area contributed by atoms with Crippen molar-refractivity contribution < 1.29 is 109 Å². The number of aliphatic hydroxyl groups excluding tert-OH is 10. The standard InChI is InChI=1S/C34H44O22/c1-49-16-3-10(2-14(38)21(16)39)31-17(6-12-13(37)4-11(36)5-15(12)52-31)53-34-30(48)27(45)24(42)20(56-34)9-51-33-29(47)26(44)23(41)19(55-33)8-50-32-28(46)25(43)22(40)18(7-35)54-32/h2-6,18-20,22-48H,7-9H2,1H3/p+1/t18-,19-,20-,22-,23-,24-,25+,26+,27+,28-,29-,30+,31?,32-,33-,34-/m1/s1. The molecular formula is C34H45O22+. The minimum Gasteiger partial charge on any atom is -0.571 e. The summed E-state index contributed by atoms with van der Waals surface area (Å²) in [5.41, 5.74) is 0.209. The summed E-state index contributed by atoms with van der Waals surface area (Å²) in [5, 5.41) is 145. The molecule has 0 amide bonds. The topological polar surface area (TPSA) is 361 Å². The predicted octanol–water partition coefficient (Wildman–Crippen LogP) is -4.68. The largest absolute Gasteiger partial charge is 0.571 e. The van der Waals surface area contributed by atoms with Crippen LogP contribution >= 0.6 is 0 Å². The third-order valence-electron chi connectivity index (χ3n) is 9.85. The van der Waals surface area contributed by atoms with Gasteiger partial charge in [-0.1, -0.05) is 0 Å². The van der Waals surface area contributed by atoms with E-state index < -0.39 is 135 Å². The van der Waals surface area contributed by atoms with E-state index in [0.717, 1.165) is 12.1 Å². The number of rotatable bonds is 11. The highest BCUT2D eigenvalue weighted by molar-refractivity contribution is 5.69. The predicted molar refractivity (Wildman–Crippen MR) is 179 cm³/mol. The van der Waals surface area contributed by atoms with Gasteiger partial charge in [0.1, 0.15) is 90.3 Å². The molecule has 0 aromatic heterocycles. The minimum absolute atomic E-state index is 0.0593. The van der Waals surface area contributed by atoms with Crippen molar-refractivity contribution in [1.29, 1.82) is 0 Å². The van der Waals surface area contributed by atoms with Gasteiger partial charge in [-0.25, -0.2) is 0 Å². The second kappa shape index (κ2) is 17.0. The van der Waals surface area contributed by atoms with Crippen molar-refractivity contribution >= 4 is 6.08 Å². The number of benzene rings is 2. The highest BCUT2D eigenvalue weighted by Gasteiger charge is 2.50. The fraction of sp³-hybridized carbons (Fsp3) is 0.588. The zero-order chi connectivity index (χ0) is 40.7. The lowest BCUT2D eigenvalue weighted by Gasteiger charge is -2.44. The monoisotopic (exact) mass is 805 g/mol. The lowest BCUT2D eigenvalue weighted by atomic mass is 9.97. The maximum Gasteiger partial charge on any atom is 0.270 e. The van der Waals surface area contributed by atoms with E-state index in [2.05, 4.69) is 4.74 Å². The SMILES string of the molecule is COc1cc(C2[OH+]c3cc(O)cc(O)c3C=C2O[C@@H]2O[C@H](CO[C@@H]3O[C@H](CO[C@@H]4O[C@H](CO)[C@@H](O)[C@H](O)[C@H]4O)[C@@H](O)[C@H](O)[C@H]3O)[C@@H](O)[C@H](O)[C@@H]2O)cc(O)c1O. The van der Waals surface area contributed by atoms with Gasteiger partial charge in [-0.15, -0.1) is 0 Å². The smallest absolute Gasteiger partial charge is 0.270 e. The summed E-state index contributed by atoms with van der Waals surface area (Å²) in [7, 11) is 1.23. The molecule has 15 N–H and O–H groups in total. The normalized spacial score (nSPS) is 38.6. The Morgan fingerprint density at radius 2 is 1.12 bits per heavy atom. The average Bonchev–Trinajstić information content (AvgIpc) is 3.17. The lowest BCUT2D eigenvalue weighted by Crippen LogP contribution is -2.62. The van der Waals surface area contributed by atoms with Gasteiger partial charge >= 0.3 is 0 Å². The molecule has 4 aliphatic heterocycles. The van der Waals surface area contributed by atoms with Crippen LogP contribution in [-0.4, -0.2) is 195 Å². The van der Waals surface area contributed by atoms with Crippen molar-refractivity contribution in [3.8, 4) is 34.5 Å². The summed E-state index contributed by atoms with van der Waals surface area (Å²) in [6, 6.07) is 4.70. The van der Waals surface area contributed by atoms with Gasteiger partial charge in [0.15, 0.2) is 29.8 Å². The molecule has 16 atom stereocenters. The molecule has 3 saturated heterocycles. The molecule has 312 valence electrons. The van der Waals surface area contributed by atoms with Crippen LogP contribution in [0.1, 0.15) is 17.2 Å². The van der Waals surface area contributed by atoms with E-state index in [0.29, 0.717) is 0 Å². The average molecular weight is 806 g/mol. The van der Waals surface area contributed by atoms with Gasteiger partial charge in [-0.3, -0.25) is 0 Å². The van der Waals surface area contributed by atoms with Crippen molar-refractivity contribution in [2.24, 2.45) is 0 Å². The number of aromatic hydroxyl groups is 5. The summed E-state index contributed by atoms with van der Waals surface area (Å²) >= 11 is 0. The summed E-state index contributed by atoms with van der Waals surface area (Å²) < 4.78 is 43.3. The van der Waals surface area contributed by atoms with Gasteiger partial charge in [0.05, 0.1) is 38.6 Å². The highest BCUT2D eigenvalue weighted by Crippen LogP contribution is 2.48. The third kappa shape index (κ3) is 8.13. The van der Waals surface area contributed by atoms with Gasteiger partial charge in [-0.2, -0.15) is 0 Å². The summed E-state index contributed by atoms with van der Waals surface area (Å²) in [6.07, 6.45) is -26.0. The molecule has 56 heavy (non-hydrogen) atoms. The van der Waals surface area contributed by atoms with Gasteiger partial charge in [-0.05, 0) is 12.1 Å². The number of fused-ring (bicyclic) bond motifs is 1. The van der Waals surface area contributed by atoms with E-state index in [1.807, 2.05) is 0 Å². The van der Waals surface area contributed by atoms with E-state index >= 15 is 0 Å². The van der Waals surface area contributed by atoms with Gasteiger partial charge < -0.3 is 109 Å². The first-order valence-corrected chi connectivity index (χ1v) is 17.2.